The molecule has 0 unspecified atom stereocenters. The molecule has 6 heteroatoms. The van der Waals surface area contributed by atoms with E-state index in [4.69, 9.17) is 10.8 Å². The van der Waals surface area contributed by atoms with Gasteiger partial charge in [-0.05, 0) is 23.5 Å². The summed E-state index contributed by atoms with van der Waals surface area (Å²) in [7, 11) is 0. The average molecular weight is 362 g/mol. The van der Waals surface area contributed by atoms with Gasteiger partial charge in [-0.2, -0.15) is 0 Å². The molecule has 0 bridgehead atoms. The Hall–Kier alpha value is -2.73. The molecule has 2 aromatic heterocycles. The van der Waals surface area contributed by atoms with Crippen molar-refractivity contribution in [3.8, 4) is 0 Å². The van der Waals surface area contributed by atoms with E-state index in [0.29, 0.717) is 17.7 Å². The highest BCUT2D eigenvalue weighted by Crippen LogP contribution is 2.32. The number of nitrogens with one attached hydrogen (secondary N) is 3. The van der Waals surface area contributed by atoms with Crippen molar-refractivity contribution in [2.45, 2.75) is 20.4 Å². The summed E-state index contributed by atoms with van der Waals surface area (Å²) >= 11 is 0. The van der Waals surface area contributed by atoms with Crippen molar-refractivity contribution in [2.24, 2.45) is 17.8 Å². The molecule has 1 aromatic carbocycles. The summed E-state index contributed by atoms with van der Waals surface area (Å²) in [6.07, 6.45) is 3.34. The van der Waals surface area contributed by atoms with Crippen molar-refractivity contribution in [3.05, 3.63) is 59.8 Å². The number of fused-ring (bicyclic) bond motifs is 1. The van der Waals surface area contributed by atoms with Crippen LogP contribution in [0.1, 0.15) is 19.4 Å². The van der Waals surface area contributed by atoms with Crippen LogP contribution in [0.15, 0.2) is 48.8 Å². The Kier molecular flexibility index (Phi) is 4.66. The van der Waals surface area contributed by atoms with Crippen LogP contribution in [-0.4, -0.2) is 38.4 Å². The normalized spacial score (nSPS) is 20.6. The van der Waals surface area contributed by atoms with Gasteiger partial charge in [0, 0.05) is 31.7 Å². The summed E-state index contributed by atoms with van der Waals surface area (Å²) in [5, 5.41) is 17.3. The summed E-state index contributed by atoms with van der Waals surface area (Å²) in [5.41, 5.74) is 3.08. The second kappa shape index (κ2) is 7.12. The van der Waals surface area contributed by atoms with Gasteiger partial charge in [0.2, 0.25) is 0 Å². The zero-order chi connectivity index (χ0) is 19.0. The number of H-pyrrole nitrogens is 1. The van der Waals surface area contributed by atoms with Gasteiger partial charge in [-0.25, -0.2) is 4.98 Å². The second-order valence-electron chi connectivity index (χ2n) is 7.77. The molecular formula is C21H26N6. The number of hydrogen-bond donors (Lipinski definition) is 3. The van der Waals surface area contributed by atoms with E-state index in [0.717, 1.165) is 30.8 Å². The SMILES string of the molecule is CC(C)[C@H]1CN(Cc2ccccc2)C[C@H]1C(=N)n1c(=N)cnc2[nH]ccc21. The minimum Gasteiger partial charge on any atom is -0.345 e. The van der Waals surface area contributed by atoms with E-state index in [9.17, 15) is 0 Å². The van der Waals surface area contributed by atoms with E-state index in [-0.39, 0.29) is 11.4 Å². The fraction of sp³-hybridized carbons (Fsp3) is 0.381. The third-order valence-corrected chi connectivity index (χ3v) is 5.64. The van der Waals surface area contributed by atoms with Crippen LogP contribution in [0.3, 0.4) is 0 Å². The van der Waals surface area contributed by atoms with Crippen LogP contribution < -0.4 is 5.49 Å². The molecule has 0 aliphatic carbocycles. The topological polar surface area (TPSA) is 84.6 Å². The first kappa shape index (κ1) is 17.7. The van der Waals surface area contributed by atoms with Crippen molar-refractivity contribution in [2.75, 3.05) is 13.1 Å². The molecule has 0 saturated carbocycles. The van der Waals surface area contributed by atoms with Crippen LogP contribution in [0.4, 0.5) is 0 Å². The highest BCUT2D eigenvalue weighted by Gasteiger charge is 2.38. The van der Waals surface area contributed by atoms with Crippen molar-refractivity contribution >= 4 is 17.0 Å². The number of aromatic amines is 1. The van der Waals surface area contributed by atoms with Crippen molar-refractivity contribution in [3.63, 3.8) is 0 Å². The highest BCUT2D eigenvalue weighted by molar-refractivity contribution is 5.92. The number of likely N-dealkylation sites (tertiary alicyclic amines) is 1. The maximum absolute atomic E-state index is 8.96. The van der Waals surface area contributed by atoms with E-state index < -0.39 is 0 Å². The van der Waals surface area contributed by atoms with Crippen molar-refractivity contribution in [1.82, 2.24) is 19.4 Å². The zero-order valence-electron chi connectivity index (χ0n) is 15.8. The molecule has 2 atom stereocenters. The quantitative estimate of drug-likeness (QED) is 0.492. The van der Waals surface area contributed by atoms with Gasteiger partial charge in [0.25, 0.3) is 0 Å². The Morgan fingerprint density at radius 3 is 2.74 bits per heavy atom. The summed E-state index contributed by atoms with van der Waals surface area (Å²) < 4.78 is 1.74. The van der Waals surface area contributed by atoms with Crippen LogP contribution in [0.5, 0.6) is 0 Å². The standard InChI is InChI=1S/C21H26N6/c1-14(2)16-12-26(11-15-6-4-3-5-7-15)13-17(16)20(23)27-18-8-9-24-21(18)25-10-19(27)22/h3-10,14,16-17,22-24H,11-13H2,1-2H3/t16-,17-/m1/s1. The molecule has 4 rings (SSSR count). The Balaban J connectivity index is 1.64. The first-order chi connectivity index (χ1) is 13.0. The van der Waals surface area contributed by atoms with Gasteiger partial charge < -0.3 is 4.98 Å². The van der Waals surface area contributed by atoms with E-state index in [1.54, 1.807) is 4.57 Å². The number of nitrogens with zero attached hydrogens (tertiary/aromatic N) is 3. The van der Waals surface area contributed by atoms with Crippen LogP contribution in [0.2, 0.25) is 0 Å². The largest absolute Gasteiger partial charge is 0.345 e. The van der Waals surface area contributed by atoms with Gasteiger partial charge in [0.1, 0.15) is 11.3 Å². The fourth-order valence-corrected chi connectivity index (χ4v) is 4.22. The van der Waals surface area contributed by atoms with Crippen LogP contribution >= 0.6 is 0 Å². The maximum Gasteiger partial charge on any atom is 0.154 e. The third-order valence-electron chi connectivity index (χ3n) is 5.64. The van der Waals surface area contributed by atoms with Gasteiger partial charge in [-0.3, -0.25) is 20.3 Å². The Morgan fingerprint density at radius 2 is 2.00 bits per heavy atom. The number of aromatic nitrogens is 3. The van der Waals surface area contributed by atoms with E-state index >= 15 is 0 Å². The predicted molar refractivity (Wildman–Crippen MR) is 107 cm³/mol. The van der Waals surface area contributed by atoms with Gasteiger partial charge in [0.05, 0.1) is 11.7 Å². The molecule has 1 saturated heterocycles. The molecule has 3 N–H and O–H groups in total. The number of rotatable bonds is 4. The molecular weight excluding hydrogens is 336 g/mol. The lowest BCUT2D eigenvalue weighted by Crippen LogP contribution is -2.36. The van der Waals surface area contributed by atoms with Crippen molar-refractivity contribution in [1.29, 1.82) is 10.8 Å². The van der Waals surface area contributed by atoms with E-state index in [1.807, 2.05) is 18.3 Å². The van der Waals surface area contributed by atoms with Gasteiger partial charge in [0.15, 0.2) is 5.65 Å². The molecule has 140 valence electrons. The minimum absolute atomic E-state index is 0.100. The number of hydrogen-bond acceptors (Lipinski definition) is 4. The van der Waals surface area contributed by atoms with Crippen LogP contribution in [-0.2, 0) is 6.54 Å². The van der Waals surface area contributed by atoms with E-state index in [1.165, 1.54) is 11.8 Å². The molecule has 27 heavy (non-hydrogen) atoms. The molecule has 3 heterocycles. The van der Waals surface area contributed by atoms with Gasteiger partial charge >= 0.3 is 0 Å². The summed E-state index contributed by atoms with van der Waals surface area (Å²) in [6, 6.07) is 12.4. The maximum atomic E-state index is 8.96. The zero-order valence-corrected chi connectivity index (χ0v) is 15.8. The lowest BCUT2D eigenvalue weighted by Gasteiger charge is -2.24. The molecule has 6 nitrogen and oxygen atoms in total. The molecule has 1 aliphatic rings. The van der Waals surface area contributed by atoms with Gasteiger partial charge in [-0.1, -0.05) is 44.2 Å². The first-order valence-electron chi connectivity index (χ1n) is 9.49. The Bertz CT molecular complexity index is 1000. The van der Waals surface area contributed by atoms with Crippen LogP contribution in [0.25, 0.3) is 11.2 Å². The molecule has 3 aromatic rings. The number of benzene rings is 1. The average Bonchev–Trinajstić information content (AvgIpc) is 3.29. The monoisotopic (exact) mass is 362 g/mol. The minimum atomic E-state index is 0.100. The summed E-state index contributed by atoms with van der Waals surface area (Å²) in [5.74, 6) is 1.48. The summed E-state index contributed by atoms with van der Waals surface area (Å²) in [4.78, 5) is 9.79. The van der Waals surface area contributed by atoms with Crippen LogP contribution in [0, 0.1) is 28.6 Å². The highest BCUT2D eigenvalue weighted by atomic mass is 15.2. The fourth-order valence-electron chi connectivity index (χ4n) is 4.22. The molecule has 0 spiro atoms. The lowest BCUT2D eigenvalue weighted by molar-refractivity contribution is 0.296. The summed E-state index contributed by atoms with van der Waals surface area (Å²) in [6.45, 7) is 7.21. The predicted octanol–water partition coefficient (Wildman–Crippen LogP) is 3.07. The van der Waals surface area contributed by atoms with Crippen molar-refractivity contribution < 1.29 is 0 Å². The molecule has 1 fully saturated rings. The molecule has 0 amide bonds. The first-order valence-corrected chi connectivity index (χ1v) is 9.49. The van der Waals surface area contributed by atoms with E-state index in [2.05, 4.69) is 53.0 Å². The lowest BCUT2D eigenvalue weighted by atomic mass is 9.85. The Labute approximate surface area is 158 Å². The Morgan fingerprint density at radius 1 is 1.22 bits per heavy atom. The van der Waals surface area contributed by atoms with Gasteiger partial charge in [-0.15, -0.1) is 0 Å². The molecule has 0 radical (unpaired) electrons. The smallest absolute Gasteiger partial charge is 0.154 e. The molecule has 1 aliphatic heterocycles. The second-order valence-corrected chi connectivity index (χ2v) is 7.77. The third kappa shape index (κ3) is 3.32.